The van der Waals surface area contributed by atoms with Gasteiger partial charge in [0.05, 0.1) is 16.3 Å². The second kappa shape index (κ2) is 6.80. The van der Waals surface area contributed by atoms with E-state index < -0.39 is 5.97 Å². The van der Waals surface area contributed by atoms with Crippen molar-refractivity contribution >= 4 is 29.3 Å². The number of urea groups is 1. The van der Waals surface area contributed by atoms with E-state index in [1.165, 1.54) is 18.2 Å². The Bertz CT molecular complexity index is 548. The van der Waals surface area contributed by atoms with Gasteiger partial charge >= 0.3 is 12.0 Å². The highest BCUT2D eigenvalue weighted by Crippen LogP contribution is 2.25. The van der Waals surface area contributed by atoms with Crippen LogP contribution in [-0.2, 0) is 0 Å². The molecular weight excluding hydrogens is 292 g/mol. The minimum Gasteiger partial charge on any atom is -0.478 e. The van der Waals surface area contributed by atoms with Crippen molar-refractivity contribution in [2.75, 3.05) is 18.4 Å². The fourth-order valence-corrected chi connectivity index (χ4v) is 2.75. The van der Waals surface area contributed by atoms with E-state index >= 15 is 0 Å². The fourth-order valence-electron chi connectivity index (χ4n) is 2.53. The molecule has 1 aliphatic rings. The van der Waals surface area contributed by atoms with E-state index in [0.717, 1.165) is 32.4 Å². The molecule has 0 aliphatic carbocycles. The van der Waals surface area contributed by atoms with Crippen molar-refractivity contribution < 1.29 is 14.7 Å². The van der Waals surface area contributed by atoms with Gasteiger partial charge in [-0.3, -0.25) is 0 Å². The van der Waals surface area contributed by atoms with Crippen LogP contribution >= 0.6 is 11.6 Å². The van der Waals surface area contributed by atoms with Crippen LogP contribution in [0.25, 0.3) is 0 Å². The highest BCUT2D eigenvalue weighted by atomic mass is 35.5. The number of benzene rings is 1. The number of nitrogens with one attached hydrogen (secondary N) is 1. The topological polar surface area (TPSA) is 69.6 Å². The zero-order valence-electron chi connectivity index (χ0n) is 11.9. The minimum absolute atomic E-state index is 0.0991. The summed E-state index contributed by atoms with van der Waals surface area (Å²) in [6, 6.07) is 4.10. The van der Waals surface area contributed by atoms with Crippen molar-refractivity contribution in [1.29, 1.82) is 0 Å². The Balaban J connectivity index is 2.04. The molecule has 1 saturated heterocycles. The van der Waals surface area contributed by atoms with Gasteiger partial charge in [-0.05, 0) is 37.0 Å². The average molecular weight is 311 g/mol. The van der Waals surface area contributed by atoms with E-state index in [0.29, 0.717) is 11.6 Å². The van der Waals surface area contributed by atoms with Crippen LogP contribution in [0.15, 0.2) is 18.2 Å². The number of carbonyl (C=O) groups is 2. The number of hydrogen-bond acceptors (Lipinski definition) is 2. The molecule has 1 aliphatic heterocycles. The Kier molecular flexibility index (Phi) is 5.07. The summed E-state index contributed by atoms with van der Waals surface area (Å²) in [4.78, 5) is 24.9. The number of aromatic carboxylic acids is 1. The number of carbonyl (C=O) groups excluding carboxylic acids is 1. The predicted octanol–water partition coefficient (Wildman–Crippen LogP) is 3.69. The summed E-state index contributed by atoms with van der Waals surface area (Å²) >= 11 is 6.02. The average Bonchev–Trinajstić information content (AvgIpc) is 2.49. The van der Waals surface area contributed by atoms with E-state index in [1.807, 2.05) is 0 Å². The highest BCUT2D eigenvalue weighted by molar-refractivity contribution is 6.34. The van der Waals surface area contributed by atoms with Gasteiger partial charge in [0.25, 0.3) is 0 Å². The van der Waals surface area contributed by atoms with Crippen LogP contribution in [0, 0.1) is 5.92 Å². The number of amides is 2. The van der Waals surface area contributed by atoms with Gasteiger partial charge in [0.1, 0.15) is 0 Å². The smallest absolute Gasteiger partial charge is 0.335 e. The molecule has 1 fully saturated rings. The van der Waals surface area contributed by atoms with Gasteiger partial charge in [-0.1, -0.05) is 24.9 Å². The molecule has 0 aromatic heterocycles. The van der Waals surface area contributed by atoms with E-state index in [1.54, 1.807) is 4.90 Å². The lowest BCUT2D eigenvalue weighted by atomic mass is 9.96. The Morgan fingerprint density at radius 3 is 2.86 bits per heavy atom. The molecule has 0 saturated carbocycles. The first kappa shape index (κ1) is 15.6. The molecule has 6 heteroatoms. The van der Waals surface area contributed by atoms with E-state index in [9.17, 15) is 9.59 Å². The van der Waals surface area contributed by atoms with Crippen LogP contribution in [-0.4, -0.2) is 35.1 Å². The predicted molar refractivity (Wildman–Crippen MR) is 82.0 cm³/mol. The van der Waals surface area contributed by atoms with Crippen molar-refractivity contribution in [3.8, 4) is 0 Å². The molecule has 114 valence electrons. The SMILES string of the molecule is CCC1CCCN(C(=O)Nc2ccc(C(=O)O)cc2Cl)C1. The van der Waals surface area contributed by atoms with Gasteiger partial charge in [0.15, 0.2) is 0 Å². The molecular formula is C15H19ClN2O3. The van der Waals surface area contributed by atoms with Crippen molar-refractivity contribution in [1.82, 2.24) is 4.90 Å². The summed E-state index contributed by atoms with van der Waals surface area (Å²) in [5.74, 6) is -0.494. The van der Waals surface area contributed by atoms with Gasteiger partial charge in [0, 0.05) is 13.1 Å². The third kappa shape index (κ3) is 3.88. The molecule has 2 amide bonds. The number of likely N-dealkylation sites (tertiary alicyclic amines) is 1. The molecule has 0 radical (unpaired) electrons. The monoisotopic (exact) mass is 310 g/mol. The lowest BCUT2D eigenvalue weighted by Crippen LogP contribution is -2.42. The lowest BCUT2D eigenvalue weighted by molar-refractivity contribution is 0.0697. The van der Waals surface area contributed by atoms with Crippen molar-refractivity contribution in [2.45, 2.75) is 26.2 Å². The van der Waals surface area contributed by atoms with Crippen LogP contribution < -0.4 is 5.32 Å². The summed E-state index contributed by atoms with van der Waals surface area (Å²) in [5.41, 5.74) is 0.535. The number of carboxylic acid groups (broad SMARTS) is 1. The Morgan fingerprint density at radius 2 is 2.24 bits per heavy atom. The van der Waals surface area contributed by atoms with Crippen LogP contribution in [0.3, 0.4) is 0 Å². The minimum atomic E-state index is -1.04. The van der Waals surface area contributed by atoms with E-state index in [-0.39, 0.29) is 16.6 Å². The Labute approximate surface area is 128 Å². The summed E-state index contributed by atoms with van der Waals surface area (Å²) < 4.78 is 0. The molecule has 1 aromatic carbocycles. The number of rotatable bonds is 3. The molecule has 1 aromatic rings. The molecule has 2 N–H and O–H groups in total. The van der Waals surface area contributed by atoms with E-state index in [4.69, 9.17) is 16.7 Å². The summed E-state index contributed by atoms with van der Waals surface area (Å²) in [6.07, 6.45) is 3.24. The maximum Gasteiger partial charge on any atom is 0.335 e. The summed E-state index contributed by atoms with van der Waals surface area (Å²) in [6.45, 7) is 3.63. The quantitative estimate of drug-likeness (QED) is 0.894. The largest absolute Gasteiger partial charge is 0.478 e. The third-order valence-electron chi connectivity index (χ3n) is 3.84. The lowest BCUT2D eigenvalue weighted by Gasteiger charge is -2.32. The fraction of sp³-hybridized carbons (Fsp3) is 0.467. The van der Waals surface area contributed by atoms with Gasteiger partial charge < -0.3 is 15.3 Å². The second-order valence-corrected chi connectivity index (χ2v) is 5.70. The van der Waals surface area contributed by atoms with Gasteiger partial charge in [-0.25, -0.2) is 9.59 Å². The highest BCUT2D eigenvalue weighted by Gasteiger charge is 2.23. The Morgan fingerprint density at radius 1 is 1.48 bits per heavy atom. The van der Waals surface area contributed by atoms with Gasteiger partial charge in [-0.2, -0.15) is 0 Å². The molecule has 1 heterocycles. The Hall–Kier alpha value is -1.75. The van der Waals surface area contributed by atoms with Crippen molar-refractivity contribution in [3.63, 3.8) is 0 Å². The molecule has 5 nitrogen and oxygen atoms in total. The van der Waals surface area contributed by atoms with Crippen LogP contribution in [0.2, 0.25) is 5.02 Å². The first-order valence-corrected chi connectivity index (χ1v) is 7.47. The number of halogens is 1. The first-order valence-electron chi connectivity index (χ1n) is 7.10. The number of carboxylic acids is 1. The number of hydrogen-bond donors (Lipinski definition) is 2. The molecule has 0 spiro atoms. The molecule has 0 bridgehead atoms. The second-order valence-electron chi connectivity index (χ2n) is 5.29. The zero-order valence-corrected chi connectivity index (χ0v) is 12.7. The first-order chi connectivity index (χ1) is 10.0. The number of anilines is 1. The molecule has 2 rings (SSSR count). The van der Waals surface area contributed by atoms with Crippen LogP contribution in [0.1, 0.15) is 36.5 Å². The van der Waals surface area contributed by atoms with Crippen LogP contribution in [0.4, 0.5) is 10.5 Å². The summed E-state index contributed by atoms with van der Waals surface area (Å²) in [5, 5.41) is 11.9. The molecule has 21 heavy (non-hydrogen) atoms. The van der Waals surface area contributed by atoms with Gasteiger partial charge in [-0.15, -0.1) is 0 Å². The normalized spacial score (nSPS) is 18.4. The van der Waals surface area contributed by atoms with Crippen molar-refractivity contribution in [3.05, 3.63) is 28.8 Å². The van der Waals surface area contributed by atoms with Gasteiger partial charge in [0.2, 0.25) is 0 Å². The molecule has 1 unspecified atom stereocenters. The number of piperidine rings is 1. The maximum absolute atomic E-state index is 12.2. The summed E-state index contributed by atoms with van der Waals surface area (Å²) in [7, 11) is 0. The third-order valence-corrected chi connectivity index (χ3v) is 4.15. The molecule has 1 atom stereocenters. The zero-order chi connectivity index (χ0) is 15.4. The standard InChI is InChI=1S/C15H19ClN2O3/c1-2-10-4-3-7-18(9-10)15(21)17-13-6-5-11(14(19)20)8-12(13)16/h5-6,8,10H,2-4,7,9H2,1H3,(H,17,21)(H,19,20). The maximum atomic E-state index is 12.2. The van der Waals surface area contributed by atoms with Crippen LogP contribution in [0.5, 0.6) is 0 Å². The van der Waals surface area contributed by atoms with Crippen molar-refractivity contribution in [2.24, 2.45) is 5.92 Å². The number of nitrogens with zero attached hydrogens (tertiary/aromatic N) is 1. The van der Waals surface area contributed by atoms with E-state index in [2.05, 4.69) is 12.2 Å².